The van der Waals surface area contributed by atoms with E-state index in [1.807, 2.05) is 0 Å². The summed E-state index contributed by atoms with van der Waals surface area (Å²) in [6, 6.07) is 5.64. The van der Waals surface area contributed by atoms with Crippen LogP contribution in [0.3, 0.4) is 0 Å². The van der Waals surface area contributed by atoms with Crippen molar-refractivity contribution in [3.8, 4) is 0 Å². The fourth-order valence-electron chi connectivity index (χ4n) is 2.37. The molecule has 1 N–H and O–H groups in total. The molecule has 12 heteroatoms. The Balaban J connectivity index is 2.52. The molecular formula is C15H10F8O3S. The summed E-state index contributed by atoms with van der Waals surface area (Å²) in [5.74, 6) is -18.1. The molecule has 0 aromatic heterocycles. The van der Waals surface area contributed by atoms with Crippen LogP contribution in [0, 0.1) is 0 Å². The Morgan fingerprint density at radius 3 is 2.07 bits per heavy atom. The minimum atomic E-state index is -6.34. The van der Waals surface area contributed by atoms with Crippen LogP contribution in [0.1, 0.15) is 5.56 Å². The molecule has 150 valence electrons. The lowest BCUT2D eigenvalue weighted by Crippen LogP contribution is -2.58. The predicted octanol–water partition coefficient (Wildman–Crippen LogP) is 4.80. The quantitative estimate of drug-likeness (QED) is 0.538. The van der Waals surface area contributed by atoms with Crippen LogP contribution in [0.25, 0.3) is 10.8 Å². The predicted molar refractivity (Wildman–Crippen MR) is 78.3 cm³/mol. The van der Waals surface area contributed by atoms with Gasteiger partial charge in [-0.25, -0.2) is 8.78 Å². The normalized spacial score (nSPS) is 14.1. The van der Waals surface area contributed by atoms with E-state index in [2.05, 4.69) is 0 Å². The lowest BCUT2D eigenvalue weighted by atomic mass is 9.94. The van der Waals surface area contributed by atoms with E-state index in [0.29, 0.717) is 0 Å². The second-order valence-corrected chi connectivity index (χ2v) is 7.08. The first kappa shape index (κ1) is 21.4. The average Bonchev–Trinajstić information content (AvgIpc) is 2.53. The molecule has 0 atom stereocenters. The van der Waals surface area contributed by atoms with E-state index in [9.17, 15) is 43.5 Å². The number of halogens is 8. The van der Waals surface area contributed by atoms with Crippen LogP contribution < -0.4 is 0 Å². The molecule has 27 heavy (non-hydrogen) atoms. The summed E-state index contributed by atoms with van der Waals surface area (Å²) in [7, 11) is -4.65. The maximum Gasteiger partial charge on any atom is 0.378 e. The van der Waals surface area contributed by atoms with Gasteiger partial charge in [0.2, 0.25) is 0 Å². The summed E-state index contributed by atoms with van der Waals surface area (Å²) < 4.78 is 136. The first-order chi connectivity index (χ1) is 12.1. The van der Waals surface area contributed by atoms with Gasteiger partial charge in [0.25, 0.3) is 10.1 Å². The minimum Gasteiger partial charge on any atom is -0.282 e. The fourth-order valence-corrected chi connectivity index (χ4v) is 2.89. The largest absolute Gasteiger partial charge is 0.378 e. The van der Waals surface area contributed by atoms with Gasteiger partial charge in [-0.3, -0.25) is 4.55 Å². The molecule has 0 saturated heterocycles. The third kappa shape index (κ3) is 3.72. The number of hydrogen-bond donors (Lipinski definition) is 1. The van der Waals surface area contributed by atoms with Gasteiger partial charge in [0.1, 0.15) is 0 Å². The Bertz CT molecular complexity index is 957. The maximum atomic E-state index is 13.8. The van der Waals surface area contributed by atoms with Crippen LogP contribution in [0.15, 0.2) is 41.3 Å². The molecule has 3 nitrogen and oxygen atoms in total. The monoisotopic (exact) mass is 422 g/mol. The lowest BCUT2D eigenvalue weighted by molar-refractivity contribution is -0.337. The van der Waals surface area contributed by atoms with E-state index in [4.69, 9.17) is 4.55 Å². The van der Waals surface area contributed by atoms with Crippen LogP contribution in [-0.2, 0) is 16.5 Å². The molecular weight excluding hydrogens is 412 g/mol. The molecule has 0 fully saturated rings. The summed E-state index contributed by atoms with van der Waals surface area (Å²) in [5.41, 5.74) is -0.607. The van der Waals surface area contributed by atoms with Crippen molar-refractivity contribution in [1.82, 2.24) is 0 Å². The van der Waals surface area contributed by atoms with Crippen LogP contribution in [0.2, 0.25) is 0 Å². The maximum absolute atomic E-state index is 13.8. The minimum absolute atomic E-state index is 0.0811. The Kier molecular flexibility index (Phi) is 5.21. The van der Waals surface area contributed by atoms with E-state index in [-0.39, 0.29) is 10.8 Å². The smallest absolute Gasteiger partial charge is 0.282 e. The van der Waals surface area contributed by atoms with Crippen molar-refractivity contribution in [1.29, 1.82) is 0 Å². The molecule has 0 saturated carbocycles. The first-order valence-electron chi connectivity index (χ1n) is 7.02. The van der Waals surface area contributed by atoms with Gasteiger partial charge in [-0.05, 0) is 28.5 Å². The van der Waals surface area contributed by atoms with Crippen molar-refractivity contribution in [3.63, 3.8) is 0 Å². The second kappa shape index (κ2) is 6.59. The highest BCUT2D eigenvalue weighted by Gasteiger charge is 2.74. The molecule has 0 unspecified atom stereocenters. The summed E-state index contributed by atoms with van der Waals surface area (Å²) in [6.45, 7) is 0. The van der Waals surface area contributed by atoms with Crippen LogP contribution in [-0.4, -0.2) is 37.2 Å². The standard InChI is InChI=1S/C15H10F8O3S/c16-12(17)14(20,21)15(22,23)13(18,19)7-9-3-1-2-8-6-10(27(24,25)26)4-5-11(8)9/h1-6,12H,7H2,(H,24,25,26). The number of hydrogen-bond acceptors (Lipinski definition) is 2. The topological polar surface area (TPSA) is 54.4 Å². The van der Waals surface area contributed by atoms with Gasteiger partial charge in [-0.15, -0.1) is 0 Å². The van der Waals surface area contributed by atoms with Crippen molar-refractivity contribution >= 4 is 20.9 Å². The van der Waals surface area contributed by atoms with E-state index in [1.54, 1.807) is 0 Å². The number of benzene rings is 2. The van der Waals surface area contributed by atoms with Crippen molar-refractivity contribution in [3.05, 3.63) is 42.0 Å². The van der Waals surface area contributed by atoms with Gasteiger partial charge in [0.05, 0.1) is 4.90 Å². The molecule has 0 spiro atoms. The fraction of sp³-hybridized carbons (Fsp3) is 0.333. The number of rotatable bonds is 6. The van der Waals surface area contributed by atoms with Crippen LogP contribution in [0.4, 0.5) is 35.1 Å². The van der Waals surface area contributed by atoms with E-state index >= 15 is 0 Å². The van der Waals surface area contributed by atoms with Crippen LogP contribution >= 0.6 is 0 Å². The molecule has 0 aliphatic heterocycles. The van der Waals surface area contributed by atoms with Crippen molar-refractivity contribution in [2.24, 2.45) is 0 Å². The van der Waals surface area contributed by atoms with E-state index in [0.717, 1.165) is 30.3 Å². The highest BCUT2D eigenvalue weighted by Crippen LogP contribution is 2.50. The zero-order valence-corrected chi connectivity index (χ0v) is 13.8. The summed E-state index contributed by atoms with van der Waals surface area (Å²) in [5, 5.41) is -0.289. The van der Waals surface area contributed by atoms with Crippen LogP contribution in [0.5, 0.6) is 0 Å². The Morgan fingerprint density at radius 2 is 1.56 bits per heavy atom. The SMILES string of the molecule is O=S(=O)(O)c1ccc2c(CC(F)(F)C(F)(F)C(F)(F)C(F)F)cccc2c1. The third-order valence-corrected chi connectivity index (χ3v) is 4.65. The summed E-state index contributed by atoms with van der Waals surface area (Å²) >= 11 is 0. The highest BCUT2D eigenvalue weighted by atomic mass is 32.2. The van der Waals surface area contributed by atoms with E-state index in [1.165, 1.54) is 6.07 Å². The van der Waals surface area contributed by atoms with Gasteiger partial charge in [0, 0.05) is 6.42 Å². The van der Waals surface area contributed by atoms with Crippen molar-refractivity contribution in [2.75, 3.05) is 0 Å². The molecule has 0 aliphatic rings. The Hall–Kier alpha value is -1.95. The lowest BCUT2D eigenvalue weighted by Gasteiger charge is -2.32. The van der Waals surface area contributed by atoms with Gasteiger partial charge in [-0.2, -0.15) is 34.8 Å². The summed E-state index contributed by atoms with van der Waals surface area (Å²) in [4.78, 5) is -0.617. The van der Waals surface area contributed by atoms with Crippen molar-refractivity contribution in [2.45, 2.75) is 35.5 Å². The number of fused-ring (bicyclic) bond motifs is 1. The van der Waals surface area contributed by atoms with E-state index < -0.39 is 51.2 Å². The Labute approximate surface area is 147 Å². The number of alkyl halides is 8. The molecule has 0 aliphatic carbocycles. The van der Waals surface area contributed by atoms with Gasteiger partial charge in [-0.1, -0.05) is 24.3 Å². The molecule has 0 amide bonds. The first-order valence-corrected chi connectivity index (χ1v) is 8.46. The van der Waals surface area contributed by atoms with Gasteiger partial charge in [0.15, 0.2) is 0 Å². The highest BCUT2D eigenvalue weighted by molar-refractivity contribution is 7.85. The summed E-state index contributed by atoms with van der Waals surface area (Å²) in [6.07, 6.45) is -7.02. The van der Waals surface area contributed by atoms with Gasteiger partial charge >= 0.3 is 24.2 Å². The second-order valence-electron chi connectivity index (χ2n) is 5.65. The molecule has 0 bridgehead atoms. The third-order valence-electron chi connectivity index (χ3n) is 3.80. The Morgan fingerprint density at radius 1 is 0.963 bits per heavy atom. The zero-order chi connectivity index (χ0) is 20.8. The molecule has 2 aromatic carbocycles. The molecule has 2 aromatic rings. The average molecular weight is 422 g/mol. The molecule has 2 rings (SSSR count). The van der Waals surface area contributed by atoms with Gasteiger partial charge < -0.3 is 0 Å². The molecule has 0 heterocycles. The zero-order valence-electron chi connectivity index (χ0n) is 12.9. The van der Waals surface area contributed by atoms with Crippen molar-refractivity contribution < 1.29 is 48.1 Å². The molecule has 0 radical (unpaired) electrons.